The first-order valence-corrected chi connectivity index (χ1v) is 4.90. The van der Waals surface area contributed by atoms with Gasteiger partial charge in [0.25, 0.3) is 0 Å². The van der Waals surface area contributed by atoms with Crippen LogP contribution in [0.5, 0.6) is 0 Å². The third-order valence-corrected chi connectivity index (χ3v) is 2.47. The van der Waals surface area contributed by atoms with Gasteiger partial charge in [-0.2, -0.15) is 0 Å². The van der Waals surface area contributed by atoms with Crippen LogP contribution in [0.3, 0.4) is 0 Å². The Labute approximate surface area is 79.7 Å². The van der Waals surface area contributed by atoms with Gasteiger partial charge < -0.3 is 20.5 Å². The van der Waals surface area contributed by atoms with Gasteiger partial charge in [0.1, 0.15) is 0 Å². The summed E-state index contributed by atoms with van der Waals surface area (Å²) in [7, 11) is 1.68. The fraction of sp³-hybridized carbons (Fsp3) is 1.00. The van der Waals surface area contributed by atoms with Gasteiger partial charge in [0, 0.05) is 20.2 Å². The lowest BCUT2D eigenvalue weighted by molar-refractivity contribution is 0.0102. The average molecular weight is 188 g/mol. The molecule has 1 heterocycles. The van der Waals surface area contributed by atoms with Crippen molar-refractivity contribution in [2.75, 3.05) is 39.9 Å². The van der Waals surface area contributed by atoms with Gasteiger partial charge in [-0.15, -0.1) is 0 Å². The summed E-state index contributed by atoms with van der Waals surface area (Å²) in [5.41, 5.74) is -0.501. The SMILES string of the molecule is COCCNCC1(O)CCNCC1. The maximum atomic E-state index is 10.0. The predicted molar refractivity (Wildman–Crippen MR) is 51.8 cm³/mol. The quantitative estimate of drug-likeness (QED) is 0.501. The molecular formula is C9H20N2O2. The molecule has 0 aromatic carbocycles. The summed E-state index contributed by atoms with van der Waals surface area (Å²) in [6.45, 7) is 4.03. The van der Waals surface area contributed by atoms with Crippen molar-refractivity contribution in [2.24, 2.45) is 0 Å². The zero-order valence-corrected chi connectivity index (χ0v) is 8.31. The van der Waals surface area contributed by atoms with E-state index in [1.165, 1.54) is 0 Å². The van der Waals surface area contributed by atoms with Crippen LogP contribution >= 0.6 is 0 Å². The molecule has 0 aromatic rings. The van der Waals surface area contributed by atoms with Crippen LogP contribution in [0.1, 0.15) is 12.8 Å². The van der Waals surface area contributed by atoms with E-state index in [4.69, 9.17) is 4.74 Å². The van der Waals surface area contributed by atoms with Gasteiger partial charge in [-0.05, 0) is 25.9 Å². The van der Waals surface area contributed by atoms with Crippen LogP contribution in [-0.2, 0) is 4.74 Å². The lowest BCUT2D eigenvalue weighted by atomic mass is 9.92. The van der Waals surface area contributed by atoms with E-state index >= 15 is 0 Å². The van der Waals surface area contributed by atoms with E-state index in [1.54, 1.807) is 7.11 Å². The largest absolute Gasteiger partial charge is 0.388 e. The number of nitrogens with one attached hydrogen (secondary N) is 2. The minimum atomic E-state index is -0.501. The summed E-state index contributed by atoms with van der Waals surface area (Å²) in [6.07, 6.45) is 1.68. The molecule has 0 radical (unpaired) electrons. The second kappa shape index (κ2) is 5.54. The van der Waals surface area contributed by atoms with E-state index in [-0.39, 0.29) is 0 Å². The van der Waals surface area contributed by atoms with Crippen molar-refractivity contribution in [2.45, 2.75) is 18.4 Å². The molecule has 0 atom stereocenters. The van der Waals surface area contributed by atoms with Crippen molar-refractivity contribution in [1.82, 2.24) is 10.6 Å². The summed E-state index contributed by atoms with van der Waals surface area (Å²) < 4.78 is 4.91. The van der Waals surface area contributed by atoms with Gasteiger partial charge in [-0.25, -0.2) is 0 Å². The Hall–Kier alpha value is -0.160. The molecule has 0 unspecified atom stereocenters. The van der Waals surface area contributed by atoms with Gasteiger partial charge in [-0.3, -0.25) is 0 Å². The monoisotopic (exact) mass is 188 g/mol. The van der Waals surface area contributed by atoms with Crippen molar-refractivity contribution in [3.05, 3.63) is 0 Å². The molecular weight excluding hydrogens is 168 g/mol. The molecule has 0 bridgehead atoms. The summed E-state index contributed by atoms with van der Waals surface area (Å²) in [5, 5.41) is 16.5. The zero-order valence-electron chi connectivity index (χ0n) is 8.31. The second-order valence-corrected chi connectivity index (χ2v) is 3.64. The maximum absolute atomic E-state index is 10.0. The molecule has 3 N–H and O–H groups in total. The van der Waals surface area contributed by atoms with E-state index in [2.05, 4.69) is 10.6 Å². The first kappa shape index (κ1) is 10.9. The van der Waals surface area contributed by atoms with Crippen molar-refractivity contribution < 1.29 is 9.84 Å². The second-order valence-electron chi connectivity index (χ2n) is 3.64. The Morgan fingerprint density at radius 3 is 2.77 bits per heavy atom. The first-order chi connectivity index (χ1) is 6.27. The Morgan fingerprint density at radius 1 is 1.46 bits per heavy atom. The molecule has 0 amide bonds. The fourth-order valence-electron chi connectivity index (χ4n) is 1.56. The van der Waals surface area contributed by atoms with Crippen LogP contribution in [0.15, 0.2) is 0 Å². The highest BCUT2D eigenvalue weighted by atomic mass is 16.5. The summed E-state index contributed by atoms with van der Waals surface area (Å²) >= 11 is 0. The Kier molecular flexibility index (Phi) is 4.66. The number of rotatable bonds is 5. The summed E-state index contributed by atoms with van der Waals surface area (Å²) in [4.78, 5) is 0. The molecule has 1 saturated heterocycles. The van der Waals surface area contributed by atoms with Crippen LogP contribution in [0, 0.1) is 0 Å². The Morgan fingerprint density at radius 2 is 2.15 bits per heavy atom. The van der Waals surface area contributed by atoms with Crippen molar-refractivity contribution in [3.8, 4) is 0 Å². The number of hydrogen-bond donors (Lipinski definition) is 3. The van der Waals surface area contributed by atoms with E-state index in [0.29, 0.717) is 13.2 Å². The molecule has 0 aliphatic carbocycles. The minimum absolute atomic E-state index is 0.501. The van der Waals surface area contributed by atoms with Crippen molar-refractivity contribution >= 4 is 0 Å². The van der Waals surface area contributed by atoms with Gasteiger partial charge in [0.2, 0.25) is 0 Å². The fourth-order valence-corrected chi connectivity index (χ4v) is 1.56. The zero-order chi connectivity index (χ0) is 9.57. The summed E-state index contributed by atoms with van der Waals surface area (Å²) in [6, 6.07) is 0. The summed E-state index contributed by atoms with van der Waals surface area (Å²) in [5.74, 6) is 0. The van der Waals surface area contributed by atoms with Crippen LogP contribution in [-0.4, -0.2) is 50.6 Å². The maximum Gasteiger partial charge on any atom is 0.0795 e. The third-order valence-electron chi connectivity index (χ3n) is 2.47. The molecule has 0 saturated carbocycles. The highest BCUT2D eigenvalue weighted by Gasteiger charge is 2.28. The highest BCUT2D eigenvalue weighted by Crippen LogP contribution is 2.16. The van der Waals surface area contributed by atoms with Gasteiger partial charge in [0.05, 0.1) is 12.2 Å². The number of methoxy groups -OCH3 is 1. The average Bonchev–Trinajstić information content (AvgIpc) is 2.14. The van der Waals surface area contributed by atoms with Gasteiger partial charge >= 0.3 is 0 Å². The highest BCUT2D eigenvalue weighted by molar-refractivity contribution is 4.85. The van der Waals surface area contributed by atoms with E-state index < -0.39 is 5.60 Å². The Bertz CT molecular complexity index is 136. The first-order valence-electron chi connectivity index (χ1n) is 4.90. The minimum Gasteiger partial charge on any atom is -0.388 e. The molecule has 0 spiro atoms. The van der Waals surface area contributed by atoms with Crippen LogP contribution in [0.2, 0.25) is 0 Å². The molecule has 78 valence electrons. The molecule has 4 heteroatoms. The third kappa shape index (κ3) is 4.04. The van der Waals surface area contributed by atoms with E-state index in [0.717, 1.165) is 32.5 Å². The lowest BCUT2D eigenvalue weighted by Crippen LogP contribution is -2.48. The van der Waals surface area contributed by atoms with Crippen molar-refractivity contribution in [3.63, 3.8) is 0 Å². The van der Waals surface area contributed by atoms with Gasteiger partial charge in [-0.1, -0.05) is 0 Å². The van der Waals surface area contributed by atoms with Crippen LogP contribution in [0.4, 0.5) is 0 Å². The van der Waals surface area contributed by atoms with Gasteiger partial charge in [0.15, 0.2) is 0 Å². The number of ether oxygens (including phenoxy) is 1. The molecule has 1 fully saturated rings. The molecule has 1 rings (SSSR count). The van der Waals surface area contributed by atoms with Crippen LogP contribution in [0.25, 0.3) is 0 Å². The lowest BCUT2D eigenvalue weighted by Gasteiger charge is -2.32. The normalized spacial score (nSPS) is 21.7. The number of piperidine rings is 1. The number of hydrogen-bond acceptors (Lipinski definition) is 4. The Balaban J connectivity index is 2.10. The predicted octanol–water partition coefficient (Wildman–Crippen LogP) is -0.663. The topological polar surface area (TPSA) is 53.5 Å². The van der Waals surface area contributed by atoms with E-state index in [9.17, 15) is 5.11 Å². The molecule has 1 aliphatic rings. The van der Waals surface area contributed by atoms with Crippen molar-refractivity contribution in [1.29, 1.82) is 0 Å². The molecule has 13 heavy (non-hydrogen) atoms. The molecule has 4 nitrogen and oxygen atoms in total. The van der Waals surface area contributed by atoms with Crippen LogP contribution < -0.4 is 10.6 Å². The molecule has 0 aromatic heterocycles. The molecule has 1 aliphatic heterocycles. The smallest absolute Gasteiger partial charge is 0.0795 e. The van der Waals surface area contributed by atoms with E-state index in [1.807, 2.05) is 0 Å². The number of aliphatic hydroxyl groups is 1. The standard InChI is InChI=1S/C9H20N2O2/c1-13-7-6-11-8-9(12)2-4-10-5-3-9/h10-12H,2-8H2,1H3.